The van der Waals surface area contributed by atoms with E-state index in [0.717, 1.165) is 12.2 Å². The molecule has 0 saturated carbocycles. The van der Waals surface area contributed by atoms with Crippen LogP contribution in [0.5, 0.6) is 0 Å². The van der Waals surface area contributed by atoms with E-state index in [0.29, 0.717) is 5.56 Å². The first-order valence-corrected chi connectivity index (χ1v) is 4.76. The molecule has 0 aliphatic carbocycles. The van der Waals surface area contributed by atoms with Gasteiger partial charge in [-0.1, -0.05) is 0 Å². The van der Waals surface area contributed by atoms with Gasteiger partial charge in [-0.05, 0) is 6.92 Å². The Bertz CT molecular complexity index is 426. The molecule has 0 amide bonds. The number of nitrogens with zero attached hydrogens (tertiary/aromatic N) is 4. The summed E-state index contributed by atoms with van der Waals surface area (Å²) in [7, 11) is 0. The summed E-state index contributed by atoms with van der Waals surface area (Å²) in [5, 5.41) is 10.1. The average molecular weight is 204 g/mol. The van der Waals surface area contributed by atoms with E-state index in [4.69, 9.17) is 0 Å². The van der Waals surface area contributed by atoms with Crippen molar-refractivity contribution in [2.24, 2.45) is 0 Å². The predicted molar refractivity (Wildman–Crippen MR) is 54.0 cm³/mol. The summed E-state index contributed by atoms with van der Waals surface area (Å²) in [6.07, 6.45) is 7.28. The Labute approximate surface area is 87.5 Å². The van der Waals surface area contributed by atoms with Gasteiger partial charge in [-0.2, -0.15) is 0 Å². The Morgan fingerprint density at radius 2 is 2.00 bits per heavy atom. The van der Waals surface area contributed by atoms with E-state index in [-0.39, 0.29) is 0 Å². The SMILES string of the molecule is CCn1cncc1C(O)c1cncnc1. The number of aromatic nitrogens is 4. The summed E-state index contributed by atoms with van der Waals surface area (Å²) in [5.74, 6) is 0. The molecule has 0 bridgehead atoms. The van der Waals surface area contributed by atoms with Crippen LogP contribution in [0, 0.1) is 0 Å². The standard InChI is InChI=1S/C10H12N4O/c1-2-14-7-13-5-9(14)10(15)8-3-11-6-12-4-8/h3-7,10,15H,2H2,1H3. The van der Waals surface area contributed by atoms with Crippen LogP contribution in [0.25, 0.3) is 0 Å². The topological polar surface area (TPSA) is 63.8 Å². The third kappa shape index (κ3) is 1.87. The summed E-state index contributed by atoms with van der Waals surface area (Å²) in [4.78, 5) is 11.7. The van der Waals surface area contributed by atoms with Gasteiger partial charge in [-0.25, -0.2) is 15.0 Å². The van der Waals surface area contributed by atoms with E-state index in [9.17, 15) is 5.11 Å². The molecule has 2 rings (SSSR count). The fraction of sp³-hybridized carbons (Fsp3) is 0.300. The van der Waals surface area contributed by atoms with Gasteiger partial charge in [0.15, 0.2) is 0 Å². The summed E-state index contributed by atoms with van der Waals surface area (Å²) < 4.78 is 1.89. The minimum Gasteiger partial charge on any atom is -0.382 e. The molecule has 5 nitrogen and oxygen atoms in total. The Morgan fingerprint density at radius 3 is 2.67 bits per heavy atom. The molecule has 0 aromatic carbocycles. The van der Waals surface area contributed by atoms with Crippen LogP contribution in [-0.4, -0.2) is 24.6 Å². The molecule has 0 aliphatic heterocycles. The molecule has 2 aromatic rings. The van der Waals surface area contributed by atoms with Crippen molar-refractivity contribution in [3.63, 3.8) is 0 Å². The maximum atomic E-state index is 10.1. The first-order valence-electron chi connectivity index (χ1n) is 4.76. The lowest BCUT2D eigenvalue weighted by Crippen LogP contribution is -2.07. The third-order valence-electron chi connectivity index (χ3n) is 2.26. The van der Waals surface area contributed by atoms with E-state index >= 15 is 0 Å². The zero-order chi connectivity index (χ0) is 10.7. The molecule has 0 fully saturated rings. The lowest BCUT2D eigenvalue weighted by atomic mass is 10.1. The minimum atomic E-state index is -0.714. The number of hydrogen-bond donors (Lipinski definition) is 1. The van der Waals surface area contributed by atoms with Crippen molar-refractivity contribution in [2.45, 2.75) is 19.6 Å². The molecular formula is C10H12N4O. The van der Waals surface area contributed by atoms with Crippen molar-refractivity contribution in [1.82, 2.24) is 19.5 Å². The van der Waals surface area contributed by atoms with E-state index in [1.54, 1.807) is 24.9 Å². The second-order valence-electron chi connectivity index (χ2n) is 3.18. The Morgan fingerprint density at radius 1 is 1.27 bits per heavy atom. The van der Waals surface area contributed by atoms with Gasteiger partial charge in [0, 0.05) is 24.5 Å². The number of hydrogen-bond acceptors (Lipinski definition) is 4. The zero-order valence-corrected chi connectivity index (χ0v) is 8.41. The molecule has 5 heteroatoms. The van der Waals surface area contributed by atoms with Crippen molar-refractivity contribution in [3.05, 3.63) is 42.5 Å². The molecular weight excluding hydrogens is 192 g/mol. The van der Waals surface area contributed by atoms with Gasteiger partial charge in [0.05, 0.1) is 18.2 Å². The van der Waals surface area contributed by atoms with Crippen LogP contribution in [-0.2, 0) is 6.54 Å². The number of aliphatic hydroxyl groups excluding tert-OH is 1. The van der Waals surface area contributed by atoms with E-state index in [1.807, 2.05) is 11.5 Å². The predicted octanol–water partition coefficient (Wildman–Crippen LogP) is 0.775. The van der Waals surface area contributed by atoms with Gasteiger partial charge in [0.1, 0.15) is 12.4 Å². The highest BCUT2D eigenvalue weighted by Gasteiger charge is 2.14. The van der Waals surface area contributed by atoms with Crippen LogP contribution in [0.3, 0.4) is 0 Å². The first kappa shape index (κ1) is 9.79. The quantitative estimate of drug-likeness (QED) is 0.802. The molecule has 78 valence electrons. The maximum Gasteiger partial charge on any atom is 0.124 e. The van der Waals surface area contributed by atoms with Crippen molar-refractivity contribution < 1.29 is 5.11 Å². The lowest BCUT2D eigenvalue weighted by Gasteiger charge is -2.11. The molecule has 1 N–H and O–H groups in total. The van der Waals surface area contributed by atoms with Crippen LogP contribution in [0.1, 0.15) is 24.3 Å². The normalized spacial score (nSPS) is 12.7. The highest BCUT2D eigenvalue weighted by molar-refractivity contribution is 5.19. The monoisotopic (exact) mass is 204 g/mol. The number of rotatable bonds is 3. The molecule has 2 heterocycles. The van der Waals surface area contributed by atoms with Crippen LogP contribution in [0.4, 0.5) is 0 Å². The molecule has 1 atom stereocenters. The fourth-order valence-corrected chi connectivity index (χ4v) is 1.45. The van der Waals surface area contributed by atoms with Crippen molar-refractivity contribution >= 4 is 0 Å². The van der Waals surface area contributed by atoms with E-state index in [1.165, 1.54) is 6.33 Å². The lowest BCUT2D eigenvalue weighted by molar-refractivity contribution is 0.209. The van der Waals surface area contributed by atoms with Crippen LogP contribution in [0.2, 0.25) is 0 Å². The van der Waals surface area contributed by atoms with Gasteiger partial charge in [-0.15, -0.1) is 0 Å². The first-order chi connectivity index (χ1) is 7.33. The molecule has 15 heavy (non-hydrogen) atoms. The van der Waals surface area contributed by atoms with Crippen LogP contribution in [0.15, 0.2) is 31.2 Å². The molecule has 0 aliphatic rings. The second-order valence-corrected chi connectivity index (χ2v) is 3.18. The summed E-state index contributed by atoms with van der Waals surface area (Å²) >= 11 is 0. The fourth-order valence-electron chi connectivity index (χ4n) is 1.45. The summed E-state index contributed by atoms with van der Waals surface area (Å²) in [5.41, 5.74) is 1.43. The largest absolute Gasteiger partial charge is 0.382 e. The van der Waals surface area contributed by atoms with Gasteiger partial charge in [-0.3, -0.25) is 0 Å². The number of aliphatic hydroxyl groups is 1. The third-order valence-corrected chi connectivity index (χ3v) is 2.26. The average Bonchev–Trinajstić information content (AvgIpc) is 2.77. The van der Waals surface area contributed by atoms with Crippen molar-refractivity contribution in [3.8, 4) is 0 Å². The Kier molecular flexibility index (Phi) is 2.73. The molecule has 2 aromatic heterocycles. The molecule has 0 saturated heterocycles. The highest BCUT2D eigenvalue weighted by Crippen LogP contribution is 2.19. The van der Waals surface area contributed by atoms with Crippen LogP contribution < -0.4 is 0 Å². The maximum absolute atomic E-state index is 10.1. The second kappa shape index (κ2) is 4.18. The molecule has 0 radical (unpaired) electrons. The minimum absolute atomic E-state index is 0.674. The number of aryl methyl sites for hydroxylation is 1. The van der Waals surface area contributed by atoms with Crippen LogP contribution >= 0.6 is 0 Å². The van der Waals surface area contributed by atoms with E-state index in [2.05, 4.69) is 15.0 Å². The van der Waals surface area contributed by atoms with Gasteiger partial charge < -0.3 is 9.67 Å². The van der Waals surface area contributed by atoms with E-state index < -0.39 is 6.10 Å². The van der Waals surface area contributed by atoms with Crippen molar-refractivity contribution in [1.29, 1.82) is 0 Å². The van der Waals surface area contributed by atoms with Crippen molar-refractivity contribution in [2.75, 3.05) is 0 Å². The molecule has 0 spiro atoms. The highest BCUT2D eigenvalue weighted by atomic mass is 16.3. The van der Waals surface area contributed by atoms with Gasteiger partial charge in [0.2, 0.25) is 0 Å². The zero-order valence-electron chi connectivity index (χ0n) is 8.41. The smallest absolute Gasteiger partial charge is 0.124 e. The summed E-state index contributed by atoms with van der Waals surface area (Å²) in [6.45, 7) is 2.78. The summed E-state index contributed by atoms with van der Waals surface area (Å²) in [6, 6.07) is 0. The Balaban J connectivity index is 2.32. The Hall–Kier alpha value is -1.75. The van der Waals surface area contributed by atoms with Gasteiger partial charge in [0.25, 0.3) is 0 Å². The molecule has 1 unspecified atom stereocenters. The number of imidazole rings is 1. The van der Waals surface area contributed by atoms with Gasteiger partial charge >= 0.3 is 0 Å².